The summed E-state index contributed by atoms with van der Waals surface area (Å²) in [5.41, 5.74) is 1.35. The Balaban J connectivity index is 2.14. The van der Waals surface area contributed by atoms with Gasteiger partial charge in [0.2, 0.25) is 0 Å². The van der Waals surface area contributed by atoms with Crippen molar-refractivity contribution >= 4 is 11.1 Å². The van der Waals surface area contributed by atoms with Crippen molar-refractivity contribution in [2.75, 3.05) is 13.4 Å². The van der Waals surface area contributed by atoms with E-state index in [-0.39, 0.29) is 18.8 Å². The van der Waals surface area contributed by atoms with Gasteiger partial charge in [0.25, 0.3) is 0 Å². The predicted octanol–water partition coefficient (Wildman–Crippen LogP) is 1.49. The van der Waals surface area contributed by atoms with E-state index in [0.29, 0.717) is 18.6 Å². The monoisotopic (exact) mass is 221 g/mol. The molecule has 0 bridgehead atoms. The minimum Gasteiger partial charge on any atom is -0.408 e. The Kier molecular flexibility index (Phi) is 2.27. The number of aromatic nitrogens is 1. The van der Waals surface area contributed by atoms with Gasteiger partial charge in [0.05, 0.1) is 12.1 Å². The van der Waals surface area contributed by atoms with Crippen LogP contribution in [0.5, 0.6) is 0 Å². The minimum absolute atomic E-state index is 0.219. The first-order valence-electron chi connectivity index (χ1n) is 5.16. The van der Waals surface area contributed by atoms with Crippen LogP contribution in [0.3, 0.4) is 0 Å². The molecule has 1 fully saturated rings. The molecule has 0 aliphatic carbocycles. The summed E-state index contributed by atoms with van der Waals surface area (Å²) in [4.78, 5) is 11.7. The number of rotatable bonds is 1. The van der Waals surface area contributed by atoms with Crippen molar-refractivity contribution in [3.8, 4) is 0 Å². The summed E-state index contributed by atoms with van der Waals surface area (Å²) < 4.78 is 17.2. The van der Waals surface area contributed by atoms with E-state index in [4.69, 9.17) is 13.9 Å². The zero-order valence-corrected chi connectivity index (χ0v) is 8.59. The maximum Gasteiger partial charge on any atom is 0.422 e. The van der Waals surface area contributed by atoms with Gasteiger partial charge in [-0.3, -0.25) is 0 Å². The number of oxazole rings is 1. The summed E-state index contributed by atoms with van der Waals surface area (Å²) in [5, 5.41) is 0. The van der Waals surface area contributed by atoms with Gasteiger partial charge in [-0.1, -0.05) is 12.1 Å². The van der Waals surface area contributed by atoms with Crippen molar-refractivity contribution in [2.45, 2.75) is 12.6 Å². The average molecular weight is 221 g/mol. The summed E-state index contributed by atoms with van der Waals surface area (Å²) in [6.45, 7) is 0.813. The molecular weight excluding hydrogens is 210 g/mol. The van der Waals surface area contributed by atoms with Crippen molar-refractivity contribution in [1.29, 1.82) is 0 Å². The zero-order chi connectivity index (χ0) is 11.0. The molecule has 1 unspecified atom stereocenters. The van der Waals surface area contributed by atoms with Gasteiger partial charge in [-0.15, -0.1) is 0 Å². The SMILES string of the molecule is O=c1oc2ccccc2n1C1CCOCO1. The van der Waals surface area contributed by atoms with Crippen LogP contribution < -0.4 is 5.76 Å². The van der Waals surface area contributed by atoms with Crippen LogP contribution in [0.4, 0.5) is 0 Å². The van der Waals surface area contributed by atoms with E-state index in [0.717, 1.165) is 5.52 Å². The van der Waals surface area contributed by atoms with Gasteiger partial charge >= 0.3 is 5.76 Å². The van der Waals surface area contributed by atoms with E-state index < -0.39 is 0 Å². The molecule has 16 heavy (non-hydrogen) atoms. The van der Waals surface area contributed by atoms with E-state index in [1.54, 1.807) is 6.07 Å². The molecule has 2 heterocycles. The van der Waals surface area contributed by atoms with Crippen molar-refractivity contribution in [3.05, 3.63) is 34.8 Å². The third-order valence-corrected chi connectivity index (χ3v) is 2.66. The molecule has 1 aromatic heterocycles. The van der Waals surface area contributed by atoms with Crippen molar-refractivity contribution in [3.63, 3.8) is 0 Å². The smallest absolute Gasteiger partial charge is 0.408 e. The first kappa shape index (κ1) is 9.62. The molecular formula is C11H11NO4. The highest BCUT2D eigenvalue weighted by Gasteiger charge is 2.21. The molecule has 1 aliphatic rings. The zero-order valence-electron chi connectivity index (χ0n) is 8.59. The summed E-state index contributed by atoms with van der Waals surface area (Å²) >= 11 is 0. The predicted molar refractivity (Wildman–Crippen MR) is 56.0 cm³/mol. The molecule has 5 nitrogen and oxygen atoms in total. The minimum atomic E-state index is -0.381. The number of nitrogens with zero attached hydrogens (tertiary/aromatic N) is 1. The van der Waals surface area contributed by atoms with Crippen molar-refractivity contribution < 1.29 is 13.9 Å². The fraction of sp³-hybridized carbons (Fsp3) is 0.364. The maximum absolute atomic E-state index is 11.7. The van der Waals surface area contributed by atoms with E-state index in [9.17, 15) is 4.79 Å². The van der Waals surface area contributed by atoms with E-state index in [1.807, 2.05) is 18.2 Å². The molecule has 1 saturated heterocycles. The Morgan fingerprint density at radius 3 is 3.00 bits per heavy atom. The first-order chi connectivity index (χ1) is 7.86. The van der Waals surface area contributed by atoms with E-state index in [1.165, 1.54) is 4.57 Å². The second-order valence-electron chi connectivity index (χ2n) is 3.64. The van der Waals surface area contributed by atoms with Crippen LogP contribution in [0, 0.1) is 0 Å². The second kappa shape index (κ2) is 3.77. The van der Waals surface area contributed by atoms with E-state index >= 15 is 0 Å². The largest absolute Gasteiger partial charge is 0.422 e. The number of hydrogen-bond acceptors (Lipinski definition) is 4. The van der Waals surface area contributed by atoms with Crippen LogP contribution in [-0.4, -0.2) is 18.0 Å². The number of para-hydroxylation sites is 2. The second-order valence-corrected chi connectivity index (χ2v) is 3.64. The number of benzene rings is 1. The lowest BCUT2D eigenvalue weighted by Gasteiger charge is -2.23. The fourth-order valence-electron chi connectivity index (χ4n) is 1.91. The Labute approximate surface area is 91.2 Å². The number of fused-ring (bicyclic) bond motifs is 1. The Morgan fingerprint density at radius 2 is 2.19 bits per heavy atom. The molecule has 1 aromatic carbocycles. The molecule has 2 aromatic rings. The Bertz CT molecular complexity index is 550. The molecule has 0 N–H and O–H groups in total. The molecule has 0 spiro atoms. The molecule has 1 aliphatic heterocycles. The third-order valence-electron chi connectivity index (χ3n) is 2.66. The Hall–Kier alpha value is -1.59. The topological polar surface area (TPSA) is 53.6 Å². The summed E-state index contributed by atoms with van der Waals surface area (Å²) in [6.07, 6.45) is 0.369. The summed E-state index contributed by atoms with van der Waals surface area (Å²) in [6, 6.07) is 7.32. The van der Waals surface area contributed by atoms with Crippen molar-refractivity contribution in [1.82, 2.24) is 4.57 Å². The van der Waals surface area contributed by atoms with Gasteiger partial charge in [-0.25, -0.2) is 9.36 Å². The lowest BCUT2D eigenvalue weighted by Crippen LogP contribution is -2.28. The molecule has 0 amide bonds. The molecule has 0 saturated carbocycles. The highest BCUT2D eigenvalue weighted by atomic mass is 16.7. The normalized spacial score (nSPS) is 21.4. The lowest BCUT2D eigenvalue weighted by atomic mass is 10.3. The lowest BCUT2D eigenvalue weighted by molar-refractivity contribution is -0.166. The molecule has 3 rings (SSSR count). The first-order valence-corrected chi connectivity index (χ1v) is 5.16. The third kappa shape index (κ3) is 1.45. The van der Waals surface area contributed by atoms with Gasteiger partial charge in [0.1, 0.15) is 13.0 Å². The molecule has 1 atom stereocenters. The van der Waals surface area contributed by atoms with Crippen molar-refractivity contribution in [2.24, 2.45) is 0 Å². The summed E-state index contributed by atoms with van der Waals surface area (Å²) in [5.74, 6) is -0.381. The van der Waals surface area contributed by atoms with Crippen LogP contribution in [0.2, 0.25) is 0 Å². The molecule has 84 valence electrons. The average Bonchev–Trinajstić information content (AvgIpc) is 2.66. The standard InChI is InChI=1S/C11H11NO4/c13-11-12(10-5-6-14-7-15-10)8-3-1-2-4-9(8)16-11/h1-4,10H,5-7H2. The number of ether oxygens (including phenoxy) is 2. The van der Waals surface area contributed by atoms with Gasteiger partial charge in [-0.05, 0) is 12.1 Å². The van der Waals surface area contributed by atoms with E-state index in [2.05, 4.69) is 0 Å². The van der Waals surface area contributed by atoms with Crippen LogP contribution in [-0.2, 0) is 9.47 Å². The maximum atomic E-state index is 11.7. The van der Waals surface area contributed by atoms with Gasteiger partial charge < -0.3 is 13.9 Å². The Morgan fingerprint density at radius 1 is 1.31 bits per heavy atom. The molecule has 0 radical (unpaired) electrons. The van der Waals surface area contributed by atoms with Gasteiger partial charge in [0, 0.05) is 6.42 Å². The van der Waals surface area contributed by atoms with Crippen LogP contribution in [0.1, 0.15) is 12.6 Å². The highest BCUT2D eigenvalue weighted by molar-refractivity contribution is 5.72. The van der Waals surface area contributed by atoms with Gasteiger partial charge in [-0.2, -0.15) is 0 Å². The quantitative estimate of drug-likeness (QED) is 0.732. The van der Waals surface area contributed by atoms with Crippen LogP contribution >= 0.6 is 0 Å². The number of hydrogen-bond donors (Lipinski definition) is 0. The van der Waals surface area contributed by atoms with Crippen LogP contribution in [0.15, 0.2) is 33.5 Å². The van der Waals surface area contributed by atoms with Gasteiger partial charge in [0.15, 0.2) is 5.58 Å². The fourth-order valence-corrected chi connectivity index (χ4v) is 1.91. The van der Waals surface area contributed by atoms with Crippen LogP contribution in [0.25, 0.3) is 11.1 Å². The summed E-state index contributed by atoms with van der Waals surface area (Å²) in [7, 11) is 0. The highest BCUT2D eigenvalue weighted by Crippen LogP contribution is 2.22. The molecule has 5 heteroatoms.